The van der Waals surface area contributed by atoms with E-state index in [1.54, 1.807) is 4.90 Å². The van der Waals surface area contributed by atoms with E-state index in [1.165, 1.54) is 12.1 Å². The largest absolute Gasteiger partial charge is 0.378 e. The van der Waals surface area contributed by atoms with Gasteiger partial charge in [0.2, 0.25) is 11.8 Å². The van der Waals surface area contributed by atoms with Gasteiger partial charge < -0.3 is 9.64 Å². The summed E-state index contributed by atoms with van der Waals surface area (Å²) >= 11 is 0. The highest BCUT2D eigenvalue weighted by Gasteiger charge is 2.17. The Hall–Kier alpha value is -2.48. The van der Waals surface area contributed by atoms with Crippen molar-refractivity contribution in [2.75, 3.05) is 26.3 Å². The van der Waals surface area contributed by atoms with Gasteiger partial charge in [-0.25, -0.2) is 4.39 Å². The molecule has 124 valence electrons. The van der Waals surface area contributed by atoms with Crippen LogP contribution in [-0.4, -0.2) is 48.9 Å². The van der Waals surface area contributed by atoms with Crippen molar-refractivity contribution >= 4 is 17.7 Å². The van der Waals surface area contributed by atoms with Crippen LogP contribution >= 0.6 is 0 Å². The minimum atomic E-state index is -0.558. The van der Waals surface area contributed by atoms with Crippen molar-refractivity contribution in [2.24, 2.45) is 0 Å². The summed E-state index contributed by atoms with van der Waals surface area (Å²) in [7, 11) is 0. The Bertz CT molecular complexity index is 571. The lowest BCUT2D eigenvalue weighted by molar-refractivity contribution is -0.137. The van der Waals surface area contributed by atoms with Gasteiger partial charge >= 0.3 is 0 Å². The van der Waals surface area contributed by atoms with Crippen LogP contribution in [0.25, 0.3) is 0 Å². The number of nitrogens with zero attached hydrogens (tertiary/aromatic N) is 1. The maximum Gasteiger partial charge on any atom is 0.269 e. The average molecular weight is 323 g/mol. The number of hydrogen-bond donors (Lipinski definition) is 2. The summed E-state index contributed by atoms with van der Waals surface area (Å²) in [6.45, 7) is 2.07. The zero-order valence-electron chi connectivity index (χ0n) is 12.5. The van der Waals surface area contributed by atoms with E-state index in [0.717, 1.165) is 12.1 Å². The van der Waals surface area contributed by atoms with Crippen LogP contribution in [0.15, 0.2) is 24.3 Å². The quantitative estimate of drug-likeness (QED) is 0.776. The Morgan fingerprint density at radius 3 is 2.35 bits per heavy atom. The van der Waals surface area contributed by atoms with E-state index in [4.69, 9.17) is 4.74 Å². The van der Waals surface area contributed by atoms with Crippen LogP contribution in [0, 0.1) is 5.82 Å². The lowest BCUT2D eigenvalue weighted by Crippen LogP contribution is -2.43. The van der Waals surface area contributed by atoms with Gasteiger partial charge in [0.25, 0.3) is 5.91 Å². The maximum absolute atomic E-state index is 12.7. The van der Waals surface area contributed by atoms with Crippen LogP contribution in [-0.2, 0) is 14.3 Å². The first-order valence-electron chi connectivity index (χ1n) is 7.26. The number of morpholine rings is 1. The highest BCUT2D eigenvalue weighted by molar-refractivity contribution is 5.95. The monoisotopic (exact) mass is 323 g/mol. The molecule has 1 saturated heterocycles. The van der Waals surface area contributed by atoms with Crippen molar-refractivity contribution < 1.29 is 23.5 Å². The summed E-state index contributed by atoms with van der Waals surface area (Å²) in [5.41, 5.74) is 4.66. The molecule has 8 heteroatoms. The van der Waals surface area contributed by atoms with E-state index in [0.29, 0.717) is 26.3 Å². The molecule has 1 heterocycles. The fraction of sp³-hybridized carbons (Fsp3) is 0.400. The number of carbonyl (C=O) groups excluding carboxylic acids is 3. The van der Waals surface area contributed by atoms with E-state index in [9.17, 15) is 18.8 Å². The molecule has 2 rings (SSSR count). The number of amides is 3. The van der Waals surface area contributed by atoms with Crippen molar-refractivity contribution in [3.63, 3.8) is 0 Å². The highest BCUT2D eigenvalue weighted by atomic mass is 19.1. The number of hydrazine groups is 1. The number of ether oxygens (including phenoxy) is 1. The summed E-state index contributed by atoms with van der Waals surface area (Å²) < 4.78 is 17.9. The smallest absolute Gasteiger partial charge is 0.269 e. The van der Waals surface area contributed by atoms with Gasteiger partial charge in [0.15, 0.2) is 0 Å². The van der Waals surface area contributed by atoms with Gasteiger partial charge in [-0.2, -0.15) is 0 Å². The molecule has 1 aliphatic heterocycles. The molecule has 0 atom stereocenters. The molecule has 1 aromatic carbocycles. The van der Waals surface area contributed by atoms with Gasteiger partial charge in [-0.05, 0) is 24.3 Å². The highest BCUT2D eigenvalue weighted by Crippen LogP contribution is 2.03. The molecular formula is C15H18FN3O4. The molecular weight excluding hydrogens is 305 g/mol. The standard InChI is InChI=1S/C15H18FN3O4/c16-12-3-1-11(2-4-12)15(22)18-17-13(20)5-6-14(21)19-7-9-23-10-8-19/h1-4H,5-10H2,(H,17,20)(H,18,22). The van der Waals surface area contributed by atoms with Crippen LogP contribution in [0.1, 0.15) is 23.2 Å². The molecule has 0 aromatic heterocycles. The van der Waals surface area contributed by atoms with Gasteiger partial charge in [0.05, 0.1) is 13.2 Å². The Labute approximate surface area is 132 Å². The lowest BCUT2D eigenvalue weighted by atomic mass is 10.2. The fourth-order valence-electron chi connectivity index (χ4n) is 2.05. The van der Waals surface area contributed by atoms with Crippen molar-refractivity contribution in [1.82, 2.24) is 15.8 Å². The van der Waals surface area contributed by atoms with E-state index in [1.807, 2.05) is 0 Å². The Balaban J connectivity index is 1.69. The molecule has 0 spiro atoms. The minimum absolute atomic E-state index is 0.0279. The van der Waals surface area contributed by atoms with Gasteiger partial charge in [0, 0.05) is 31.5 Å². The molecule has 23 heavy (non-hydrogen) atoms. The first-order valence-corrected chi connectivity index (χ1v) is 7.26. The predicted octanol–water partition coefficient (Wildman–Crippen LogP) is 0.226. The van der Waals surface area contributed by atoms with Crippen LogP contribution in [0.2, 0.25) is 0 Å². The minimum Gasteiger partial charge on any atom is -0.378 e. The SMILES string of the molecule is O=C(CCC(=O)N1CCOCC1)NNC(=O)c1ccc(F)cc1. The number of halogens is 1. The van der Waals surface area contributed by atoms with Crippen molar-refractivity contribution in [2.45, 2.75) is 12.8 Å². The van der Waals surface area contributed by atoms with E-state index in [-0.39, 0.29) is 24.3 Å². The number of hydrogen-bond acceptors (Lipinski definition) is 4. The second kappa shape index (κ2) is 8.23. The van der Waals surface area contributed by atoms with E-state index < -0.39 is 17.6 Å². The molecule has 1 fully saturated rings. The second-order valence-corrected chi connectivity index (χ2v) is 5.00. The molecule has 1 aromatic rings. The number of nitrogens with one attached hydrogen (secondary N) is 2. The number of carbonyl (C=O) groups is 3. The summed E-state index contributed by atoms with van der Waals surface area (Å²) in [4.78, 5) is 36.9. The van der Waals surface area contributed by atoms with Gasteiger partial charge in [0.1, 0.15) is 5.82 Å². The van der Waals surface area contributed by atoms with Crippen molar-refractivity contribution in [3.05, 3.63) is 35.6 Å². The van der Waals surface area contributed by atoms with Crippen LogP contribution in [0.5, 0.6) is 0 Å². The molecule has 0 aliphatic carbocycles. The Morgan fingerprint density at radius 1 is 1.04 bits per heavy atom. The molecule has 0 unspecified atom stereocenters. The fourth-order valence-corrected chi connectivity index (χ4v) is 2.05. The van der Waals surface area contributed by atoms with Crippen LogP contribution in [0.4, 0.5) is 4.39 Å². The zero-order chi connectivity index (χ0) is 16.7. The van der Waals surface area contributed by atoms with Gasteiger partial charge in [-0.1, -0.05) is 0 Å². The van der Waals surface area contributed by atoms with E-state index >= 15 is 0 Å². The Morgan fingerprint density at radius 2 is 1.70 bits per heavy atom. The molecule has 1 aliphatic rings. The lowest BCUT2D eigenvalue weighted by Gasteiger charge is -2.26. The first-order chi connectivity index (χ1) is 11.1. The molecule has 3 amide bonds. The molecule has 2 N–H and O–H groups in total. The Kier molecular flexibility index (Phi) is 6.04. The third kappa shape index (κ3) is 5.33. The molecule has 0 bridgehead atoms. The van der Waals surface area contributed by atoms with Gasteiger partial charge in [-0.15, -0.1) is 0 Å². The first kappa shape index (κ1) is 16.9. The van der Waals surface area contributed by atoms with Crippen LogP contribution in [0.3, 0.4) is 0 Å². The predicted molar refractivity (Wildman–Crippen MR) is 78.6 cm³/mol. The number of benzene rings is 1. The normalized spacial score (nSPS) is 14.2. The van der Waals surface area contributed by atoms with Crippen molar-refractivity contribution in [3.8, 4) is 0 Å². The summed E-state index contributed by atoms with van der Waals surface area (Å²) in [5.74, 6) is -1.60. The average Bonchev–Trinajstić information content (AvgIpc) is 2.59. The molecule has 0 radical (unpaired) electrons. The maximum atomic E-state index is 12.7. The number of rotatable bonds is 4. The summed E-state index contributed by atoms with van der Waals surface area (Å²) in [6.07, 6.45) is 0.0398. The van der Waals surface area contributed by atoms with E-state index in [2.05, 4.69) is 10.9 Å². The zero-order valence-corrected chi connectivity index (χ0v) is 12.5. The third-order valence-corrected chi connectivity index (χ3v) is 3.35. The summed E-state index contributed by atoms with van der Waals surface area (Å²) in [6, 6.07) is 4.91. The van der Waals surface area contributed by atoms with Crippen molar-refractivity contribution in [1.29, 1.82) is 0 Å². The second-order valence-electron chi connectivity index (χ2n) is 5.00. The molecule has 0 saturated carbocycles. The van der Waals surface area contributed by atoms with Gasteiger partial charge in [-0.3, -0.25) is 25.2 Å². The topological polar surface area (TPSA) is 87.7 Å². The molecule has 7 nitrogen and oxygen atoms in total. The third-order valence-electron chi connectivity index (χ3n) is 3.35. The summed E-state index contributed by atoms with van der Waals surface area (Å²) in [5, 5.41) is 0. The van der Waals surface area contributed by atoms with Crippen LogP contribution < -0.4 is 10.9 Å².